The van der Waals surface area contributed by atoms with Crippen molar-refractivity contribution in [3.05, 3.63) is 83.8 Å². The number of pyridine rings is 1. The van der Waals surface area contributed by atoms with E-state index in [1.165, 1.54) is 55.9 Å². The summed E-state index contributed by atoms with van der Waals surface area (Å²) in [6.07, 6.45) is 4.34. The van der Waals surface area contributed by atoms with Gasteiger partial charge >= 0.3 is 5.97 Å². The number of esters is 1. The van der Waals surface area contributed by atoms with Gasteiger partial charge in [0, 0.05) is 23.5 Å². The van der Waals surface area contributed by atoms with Crippen LogP contribution in [0.3, 0.4) is 0 Å². The van der Waals surface area contributed by atoms with Gasteiger partial charge in [-0.25, -0.2) is 13.8 Å². The van der Waals surface area contributed by atoms with Gasteiger partial charge in [-0.3, -0.25) is 9.78 Å². The van der Waals surface area contributed by atoms with Crippen LogP contribution in [0.1, 0.15) is 30.7 Å². The predicted molar refractivity (Wildman–Crippen MR) is 112 cm³/mol. The van der Waals surface area contributed by atoms with Crippen molar-refractivity contribution in [3.63, 3.8) is 0 Å². The number of rotatable bonds is 7. The number of hydrogen-bond acceptors (Lipinski definition) is 4. The van der Waals surface area contributed by atoms with Gasteiger partial charge in [0.2, 0.25) is 0 Å². The molecule has 0 atom stereocenters. The third-order valence-corrected chi connectivity index (χ3v) is 4.25. The van der Waals surface area contributed by atoms with Crippen LogP contribution >= 0.6 is 0 Å². The van der Waals surface area contributed by atoms with E-state index in [-0.39, 0.29) is 23.6 Å². The van der Waals surface area contributed by atoms with Crippen LogP contribution in [0.2, 0.25) is 0 Å². The summed E-state index contributed by atoms with van der Waals surface area (Å²) in [6, 6.07) is 7.08. The lowest BCUT2D eigenvalue weighted by molar-refractivity contribution is -0.139. The molecule has 2 aromatic rings. The zero-order chi connectivity index (χ0) is 22.3. The Morgan fingerprint density at radius 2 is 2.07 bits per heavy atom. The fourth-order valence-corrected chi connectivity index (χ4v) is 2.76. The number of allylic oxidation sites excluding steroid dienone is 2. The summed E-state index contributed by atoms with van der Waals surface area (Å²) in [6.45, 7) is 7.03. The number of aliphatic imine (C=N–C) groups is 1. The molecule has 0 aliphatic rings. The minimum atomic E-state index is -1.03. The van der Waals surface area contributed by atoms with Crippen LogP contribution in [0.25, 0.3) is 5.57 Å². The molecular weight excluding hydrogens is 390 g/mol. The van der Waals surface area contributed by atoms with E-state index in [2.05, 4.69) is 26.6 Å². The number of ether oxygens (including phenoxy) is 1. The average molecular weight is 414 g/mol. The first-order valence-corrected chi connectivity index (χ1v) is 9.09. The Kier molecular flexibility index (Phi) is 7.41. The van der Waals surface area contributed by atoms with Crippen LogP contribution in [-0.2, 0) is 21.5 Å². The number of hydrogen-bond donors (Lipinski definition) is 2. The van der Waals surface area contributed by atoms with Crippen molar-refractivity contribution in [1.29, 1.82) is 0 Å². The number of carbonyl (C=O) groups is 1. The van der Waals surface area contributed by atoms with Crippen molar-refractivity contribution in [2.24, 2.45) is 10.7 Å². The Hall–Kier alpha value is -3.55. The second-order valence-electron chi connectivity index (χ2n) is 6.91. The summed E-state index contributed by atoms with van der Waals surface area (Å²) in [5, 5.41) is 2.76. The number of benzene rings is 1. The van der Waals surface area contributed by atoms with Crippen molar-refractivity contribution in [1.82, 2.24) is 10.3 Å². The average Bonchev–Trinajstić information content (AvgIpc) is 2.70. The largest absolute Gasteiger partial charge is 0.469 e. The summed E-state index contributed by atoms with van der Waals surface area (Å²) in [5.74, 6) is -1.44. The smallest absolute Gasteiger partial charge is 0.309 e. The summed E-state index contributed by atoms with van der Waals surface area (Å²) in [4.78, 5) is 19.8. The van der Waals surface area contributed by atoms with E-state index in [1.807, 2.05) is 0 Å². The third-order valence-electron chi connectivity index (χ3n) is 4.25. The van der Waals surface area contributed by atoms with Gasteiger partial charge in [0.1, 0.15) is 22.9 Å². The quantitative estimate of drug-likeness (QED) is 0.314. The molecule has 2 rings (SSSR count). The molecule has 0 bridgehead atoms. The van der Waals surface area contributed by atoms with Gasteiger partial charge in [0.15, 0.2) is 5.96 Å². The molecule has 158 valence electrons. The molecule has 0 unspecified atom stereocenters. The van der Waals surface area contributed by atoms with Gasteiger partial charge in [-0.2, -0.15) is 0 Å². The van der Waals surface area contributed by atoms with E-state index in [0.29, 0.717) is 11.1 Å². The highest BCUT2D eigenvalue weighted by Crippen LogP contribution is 2.25. The molecule has 1 aromatic carbocycles. The van der Waals surface area contributed by atoms with Crippen LogP contribution in [0, 0.1) is 11.6 Å². The van der Waals surface area contributed by atoms with E-state index in [1.54, 1.807) is 13.8 Å². The SMILES string of the molecule is C=C/C(=C\NC(N)=NC(C)(C)c1ncccc1F)c1cc(CC(=O)OC)ccc1F. The zero-order valence-electron chi connectivity index (χ0n) is 17.1. The molecule has 1 aromatic heterocycles. The molecule has 0 saturated heterocycles. The fourth-order valence-electron chi connectivity index (χ4n) is 2.76. The van der Waals surface area contributed by atoms with Crippen LogP contribution in [0.4, 0.5) is 8.78 Å². The van der Waals surface area contributed by atoms with Crippen molar-refractivity contribution >= 4 is 17.5 Å². The summed E-state index contributed by atoms with van der Waals surface area (Å²) in [7, 11) is 1.28. The first-order valence-electron chi connectivity index (χ1n) is 9.09. The van der Waals surface area contributed by atoms with Gasteiger partial charge in [-0.05, 0) is 43.7 Å². The Balaban J connectivity index is 2.27. The lowest BCUT2D eigenvalue weighted by Crippen LogP contribution is -2.32. The molecule has 6 nitrogen and oxygen atoms in total. The molecule has 3 N–H and O–H groups in total. The molecule has 0 saturated carbocycles. The molecule has 0 fully saturated rings. The molecular formula is C22H24F2N4O2. The van der Waals surface area contributed by atoms with Crippen molar-refractivity contribution in [3.8, 4) is 0 Å². The number of nitrogens with zero attached hydrogens (tertiary/aromatic N) is 2. The Bertz CT molecular complexity index is 1000. The Morgan fingerprint density at radius 1 is 1.33 bits per heavy atom. The van der Waals surface area contributed by atoms with Gasteiger partial charge in [0.25, 0.3) is 0 Å². The Morgan fingerprint density at radius 3 is 2.70 bits per heavy atom. The van der Waals surface area contributed by atoms with Crippen molar-refractivity contribution in [2.75, 3.05) is 7.11 Å². The van der Waals surface area contributed by atoms with E-state index >= 15 is 0 Å². The fraction of sp³-hybridized carbons (Fsp3) is 0.227. The van der Waals surface area contributed by atoms with E-state index in [4.69, 9.17) is 5.73 Å². The summed E-state index contributed by atoms with van der Waals surface area (Å²) in [5.41, 5.74) is 6.24. The summed E-state index contributed by atoms with van der Waals surface area (Å²) >= 11 is 0. The minimum Gasteiger partial charge on any atom is -0.469 e. The van der Waals surface area contributed by atoms with Gasteiger partial charge in [-0.15, -0.1) is 0 Å². The van der Waals surface area contributed by atoms with Gasteiger partial charge < -0.3 is 15.8 Å². The number of nitrogens with one attached hydrogen (secondary N) is 1. The van der Waals surface area contributed by atoms with Gasteiger partial charge in [-0.1, -0.05) is 18.7 Å². The molecule has 0 aliphatic carbocycles. The molecule has 30 heavy (non-hydrogen) atoms. The maximum Gasteiger partial charge on any atom is 0.309 e. The van der Waals surface area contributed by atoms with E-state index in [0.717, 1.165) is 0 Å². The highest BCUT2D eigenvalue weighted by molar-refractivity contribution is 5.83. The lowest BCUT2D eigenvalue weighted by atomic mass is 10.0. The van der Waals surface area contributed by atoms with E-state index < -0.39 is 23.1 Å². The zero-order valence-corrected chi connectivity index (χ0v) is 17.1. The molecule has 0 aliphatic heterocycles. The lowest BCUT2D eigenvalue weighted by Gasteiger charge is -2.20. The minimum absolute atomic E-state index is 0.00899. The second kappa shape index (κ2) is 9.78. The molecule has 1 heterocycles. The molecule has 0 radical (unpaired) electrons. The highest BCUT2D eigenvalue weighted by atomic mass is 19.1. The number of nitrogens with two attached hydrogens (primary N) is 1. The molecule has 8 heteroatoms. The number of aromatic nitrogens is 1. The maximum atomic E-state index is 14.3. The van der Waals surface area contributed by atoms with Crippen molar-refractivity contribution < 1.29 is 18.3 Å². The van der Waals surface area contributed by atoms with E-state index in [9.17, 15) is 13.6 Å². The van der Waals surface area contributed by atoms with Crippen LogP contribution in [0.5, 0.6) is 0 Å². The van der Waals surface area contributed by atoms with Crippen LogP contribution in [-0.4, -0.2) is 24.0 Å². The third kappa shape index (κ3) is 5.73. The second-order valence-corrected chi connectivity index (χ2v) is 6.91. The summed E-state index contributed by atoms with van der Waals surface area (Å²) < 4.78 is 33.0. The van der Waals surface area contributed by atoms with Gasteiger partial charge in [0.05, 0.1) is 13.5 Å². The number of halogens is 2. The van der Waals surface area contributed by atoms with Crippen LogP contribution < -0.4 is 11.1 Å². The van der Waals surface area contributed by atoms with Crippen molar-refractivity contribution in [2.45, 2.75) is 25.8 Å². The predicted octanol–water partition coefficient (Wildman–Crippen LogP) is 3.44. The Labute approximate surface area is 174 Å². The monoisotopic (exact) mass is 414 g/mol. The number of guanidine groups is 1. The molecule has 0 spiro atoms. The maximum absolute atomic E-state index is 14.3. The molecule has 0 amide bonds. The first-order chi connectivity index (χ1) is 14.2. The number of carbonyl (C=O) groups excluding carboxylic acids is 1. The normalized spacial score (nSPS) is 12.4. The highest BCUT2D eigenvalue weighted by Gasteiger charge is 2.25. The standard InChI is InChI=1S/C22H24F2N4O2/c1-5-15(16-11-14(8-9-17(16)23)12-19(29)30-4)13-27-21(25)28-22(2,3)20-18(24)7-6-10-26-20/h5-11,13H,1,12H2,2-4H3,(H3,25,27,28)/b15-13+. The topological polar surface area (TPSA) is 89.6 Å². The number of methoxy groups -OCH3 is 1. The van der Waals surface area contributed by atoms with Crippen LogP contribution in [0.15, 0.2) is 60.4 Å². The first kappa shape index (κ1) is 22.7.